The monoisotopic (exact) mass is 327 g/mol. The lowest BCUT2D eigenvalue weighted by Crippen LogP contribution is -2.40. The Morgan fingerprint density at radius 3 is 2.80 bits per heavy atom. The predicted molar refractivity (Wildman–Crippen MR) is 88.3 cm³/mol. The van der Waals surface area contributed by atoms with Gasteiger partial charge in [-0.05, 0) is 30.4 Å². The molecule has 2 aromatic heterocycles. The van der Waals surface area contributed by atoms with E-state index in [2.05, 4.69) is 16.8 Å². The van der Waals surface area contributed by atoms with Crippen LogP contribution in [0.25, 0.3) is 9.40 Å². The van der Waals surface area contributed by atoms with Gasteiger partial charge in [-0.15, -0.1) is 34.3 Å². The summed E-state index contributed by atoms with van der Waals surface area (Å²) in [4.78, 5) is 13.1. The van der Waals surface area contributed by atoms with Crippen molar-refractivity contribution in [3.63, 3.8) is 0 Å². The lowest BCUT2D eigenvalue weighted by Gasteiger charge is -2.35. The summed E-state index contributed by atoms with van der Waals surface area (Å²) in [6, 6.07) is 4.07. The highest BCUT2D eigenvalue weighted by molar-refractivity contribution is 7.27. The van der Waals surface area contributed by atoms with Crippen molar-refractivity contribution >= 4 is 49.6 Å². The molecule has 1 aliphatic carbocycles. The number of hydrogen-bond donors (Lipinski definition) is 1. The van der Waals surface area contributed by atoms with Crippen LogP contribution in [0.3, 0.4) is 0 Å². The summed E-state index contributed by atoms with van der Waals surface area (Å²) in [5.74, 6) is 0.695. The van der Waals surface area contributed by atoms with Crippen molar-refractivity contribution in [3.05, 3.63) is 22.4 Å². The number of carbonyl (C=O) groups excluding carboxylic acids is 1. The van der Waals surface area contributed by atoms with Crippen molar-refractivity contribution in [3.8, 4) is 0 Å². The molecule has 0 bridgehead atoms. The van der Waals surface area contributed by atoms with Gasteiger partial charge in [-0.25, -0.2) is 0 Å². The van der Waals surface area contributed by atoms with Gasteiger partial charge in [0.15, 0.2) is 0 Å². The Morgan fingerprint density at radius 2 is 2.10 bits per heavy atom. The van der Waals surface area contributed by atoms with Gasteiger partial charge in [-0.1, -0.05) is 19.3 Å². The second-order valence-corrected chi connectivity index (χ2v) is 7.94. The third-order valence-electron chi connectivity index (χ3n) is 4.18. The molecule has 108 valence electrons. The fourth-order valence-electron chi connectivity index (χ4n) is 2.89. The SMILES string of the molecule is O=C(NCC1(CCl)CCCCC1)c1cc2sccc2s1. The van der Waals surface area contributed by atoms with Gasteiger partial charge in [0, 0.05) is 27.2 Å². The molecule has 0 radical (unpaired) electrons. The molecule has 2 heterocycles. The van der Waals surface area contributed by atoms with Crippen LogP contribution in [0.2, 0.25) is 0 Å². The summed E-state index contributed by atoms with van der Waals surface area (Å²) in [7, 11) is 0. The molecular formula is C15H18ClNOS2. The summed E-state index contributed by atoms with van der Waals surface area (Å²) in [6.45, 7) is 0.709. The maximum absolute atomic E-state index is 12.3. The minimum Gasteiger partial charge on any atom is -0.351 e. The number of alkyl halides is 1. The molecule has 2 nitrogen and oxygen atoms in total. The molecule has 3 rings (SSSR count). The molecule has 0 aliphatic heterocycles. The van der Waals surface area contributed by atoms with Crippen LogP contribution in [0.5, 0.6) is 0 Å². The highest BCUT2D eigenvalue weighted by atomic mass is 35.5. The van der Waals surface area contributed by atoms with Gasteiger partial charge in [0.2, 0.25) is 0 Å². The zero-order valence-corrected chi connectivity index (χ0v) is 13.7. The van der Waals surface area contributed by atoms with Gasteiger partial charge in [0.25, 0.3) is 5.91 Å². The number of thiophene rings is 2. The molecule has 0 saturated heterocycles. The number of carbonyl (C=O) groups is 1. The molecule has 1 N–H and O–H groups in total. The minimum atomic E-state index is 0.0495. The average Bonchev–Trinajstić information content (AvgIpc) is 3.07. The van der Waals surface area contributed by atoms with Crippen LogP contribution in [-0.2, 0) is 0 Å². The van der Waals surface area contributed by atoms with Gasteiger partial charge >= 0.3 is 0 Å². The van der Waals surface area contributed by atoms with Crippen molar-refractivity contribution in [1.82, 2.24) is 5.32 Å². The van der Waals surface area contributed by atoms with Crippen molar-refractivity contribution < 1.29 is 4.79 Å². The highest BCUT2D eigenvalue weighted by Crippen LogP contribution is 2.37. The Bertz CT molecular complexity index is 569. The molecule has 20 heavy (non-hydrogen) atoms. The van der Waals surface area contributed by atoms with Crippen LogP contribution in [0.4, 0.5) is 0 Å². The molecule has 5 heteroatoms. The van der Waals surface area contributed by atoms with E-state index in [1.165, 1.54) is 28.7 Å². The fraction of sp³-hybridized carbons (Fsp3) is 0.533. The largest absolute Gasteiger partial charge is 0.351 e. The number of hydrogen-bond acceptors (Lipinski definition) is 3. The Labute approximate surface area is 132 Å². The second-order valence-electron chi connectivity index (χ2n) is 5.64. The van der Waals surface area contributed by atoms with E-state index in [1.807, 2.05) is 6.07 Å². The number of rotatable bonds is 4. The maximum Gasteiger partial charge on any atom is 0.261 e. The Kier molecular flexibility index (Phi) is 4.34. The van der Waals surface area contributed by atoms with Crippen molar-refractivity contribution in [2.45, 2.75) is 32.1 Å². The predicted octanol–water partition coefficient (Wildman–Crippen LogP) is 4.88. The third-order valence-corrected chi connectivity index (χ3v) is 6.84. The minimum absolute atomic E-state index is 0.0495. The first-order valence-corrected chi connectivity index (χ1v) is 9.27. The lowest BCUT2D eigenvalue weighted by atomic mass is 9.75. The van der Waals surface area contributed by atoms with Crippen LogP contribution in [0.15, 0.2) is 17.5 Å². The van der Waals surface area contributed by atoms with Crippen LogP contribution in [-0.4, -0.2) is 18.3 Å². The number of nitrogens with one attached hydrogen (secondary N) is 1. The molecule has 1 amide bonds. The normalized spacial score (nSPS) is 18.2. The van der Waals surface area contributed by atoms with Gasteiger partial charge in [0.05, 0.1) is 4.88 Å². The second kappa shape index (κ2) is 6.04. The van der Waals surface area contributed by atoms with Crippen LogP contribution in [0.1, 0.15) is 41.8 Å². The van der Waals surface area contributed by atoms with E-state index in [9.17, 15) is 4.79 Å². The molecule has 0 aromatic carbocycles. The number of fused-ring (bicyclic) bond motifs is 1. The Morgan fingerprint density at radius 1 is 1.30 bits per heavy atom. The van der Waals surface area contributed by atoms with E-state index in [0.29, 0.717) is 12.4 Å². The first kappa shape index (κ1) is 14.4. The van der Waals surface area contributed by atoms with E-state index >= 15 is 0 Å². The lowest BCUT2D eigenvalue weighted by molar-refractivity contribution is 0.0925. The zero-order chi connectivity index (χ0) is 14.0. The highest BCUT2D eigenvalue weighted by Gasteiger charge is 2.31. The van der Waals surface area contributed by atoms with E-state index < -0.39 is 0 Å². The summed E-state index contributed by atoms with van der Waals surface area (Å²) in [5.41, 5.74) is 0.115. The van der Waals surface area contributed by atoms with Gasteiger partial charge < -0.3 is 5.32 Å². The van der Waals surface area contributed by atoms with E-state index in [-0.39, 0.29) is 11.3 Å². The first-order chi connectivity index (χ1) is 9.72. The first-order valence-electron chi connectivity index (χ1n) is 7.04. The molecule has 1 aliphatic rings. The number of halogens is 1. The fourth-order valence-corrected chi connectivity index (χ4v) is 5.28. The quantitative estimate of drug-likeness (QED) is 0.796. The van der Waals surface area contributed by atoms with Crippen LogP contribution in [0, 0.1) is 5.41 Å². The Hall–Kier alpha value is -0.580. The Balaban J connectivity index is 1.65. The smallest absolute Gasteiger partial charge is 0.261 e. The molecule has 0 spiro atoms. The standard InChI is InChI=1S/C15H18ClNOS2/c16-9-15(5-2-1-3-6-15)10-17-14(18)13-8-12-11(20-13)4-7-19-12/h4,7-8H,1-3,5-6,9-10H2,(H,17,18). The molecular weight excluding hydrogens is 310 g/mol. The molecule has 2 aromatic rings. The zero-order valence-electron chi connectivity index (χ0n) is 11.3. The van der Waals surface area contributed by atoms with E-state index in [4.69, 9.17) is 11.6 Å². The number of amides is 1. The van der Waals surface area contributed by atoms with E-state index in [1.54, 1.807) is 22.7 Å². The van der Waals surface area contributed by atoms with Crippen LogP contribution < -0.4 is 5.32 Å². The van der Waals surface area contributed by atoms with Crippen LogP contribution >= 0.6 is 34.3 Å². The topological polar surface area (TPSA) is 29.1 Å². The summed E-state index contributed by atoms with van der Waals surface area (Å²) < 4.78 is 2.40. The average molecular weight is 328 g/mol. The van der Waals surface area contributed by atoms with Crippen molar-refractivity contribution in [2.75, 3.05) is 12.4 Å². The summed E-state index contributed by atoms with van der Waals surface area (Å²) in [5, 5.41) is 5.17. The van der Waals surface area contributed by atoms with E-state index in [0.717, 1.165) is 17.7 Å². The molecule has 1 saturated carbocycles. The molecule has 0 atom stereocenters. The van der Waals surface area contributed by atoms with Gasteiger partial charge in [0.1, 0.15) is 0 Å². The third kappa shape index (κ3) is 2.87. The van der Waals surface area contributed by atoms with Gasteiger partial charge in [-0.3, -0.25) is 4.79 Å². The molecule has 0 unspecified atom stereocenters. The summed E-state index contributed by atoms with van der Waals surface area (Å²) in [6.07, 6.45) is 6.04. The maximum atomic E-state index is 12.3. The molecule has 1 fully saturated rings. The summed E-state index contributed by atoms with van der Waals surface area (Å²) >= 11 is 9.42. The van der Waals surface area contributed by atoms with Crippen molar-refractivity contribution in [1.29, 1.82) is 0 Å². The van der Waals surface area contributed by atoms with Gasteiger partial charge in [-0.2, -0.15) is 0 Å². The van der Waals surface area contributed by atoms with Crippen molar-refractivity contribution in [2.24, 2.45) is 5.41 Å².